The van der Waals surface area contributed by atoms with Crippen molar-refractivity contribution >= 4 is 39.1 Å². The molecule has 0 amide bonds. The highest BCUT2D eigenvalue weighted by molar-refractivity contribution is 5.96. The molecule has 7 nitrogen and oxygen atoms in total. The molecule has 0 radical (unpaired) electrons. The normalized spacial score (nSPS) is 13.1. The Bertz CT molecular complexity index is 2910. The molecular weight excluding hydrogens is 687 g/mol. The molecule has 8 aromatic carbocycles. The number of rotatable bonds is 5. The summed E-state index contributed by atoms with van der Waals surface area (Å²) in [6, 6.07) is 66.6. The fourth-order valence-corrected chi connectivity index (χ4v) is 9.09. The Labute approximate surface area is 322 Å². The van der Waals surface area contributed by atoms with Crippen LogP contribution in [0.4, 0.5) is 17.1 Å². The van der Waals surface area contributed by atoms with Crippen LogP contribution in [0.3, 0.4) is 0 Å². The molecule has 0 saturated heterocycles. The Morgan fingerprint density at radius 3 is 1.07 bits per heavy atom. The summed E-state index contributed by atoms with van der Waals surface area (Å²) >= 11 is 0. The highest BCUT2D eigenvalue weighted by Crippen LogP contribution is 2.63. The summed E-state index contributed by atoms with van der Waals surface area (Å²) in [6.45, 7) is 0. The van der Waals surface area contributed by atoms with E-state index in [4.69, 9.17) is 20.4 Å². The van der Waals surface area contributed by atoms with Crippen molar-refractivity contribution in [3.05, 3.63) is 210 Å². The summed E-state index contributed by atoms with van der Waals surface area (Å²) in [5.41, 5.74) is 18.2. The van der Waals surface area contributed by atoms with Gasteiger partial charge in [-0.25, -0.2) is 0 Å². The molecule has 262 valence electrons. The molecule has 0 unspecified atom stereocenters. The number of benzene rings is 8. The second-order valence-electron chi connectivity index (χ2n) is 14.4. The second-order valence-corrected chi connectivity index (χ2v) is 14.4. The number of nitrogens with zero attached hydrogens (tertiary/aromatic N) is 7. The van der Waals surface area contributed by atoms with E-state index in [2.05, 4.69) is 144 Å². The Morgan fingerprint density at radius 1 is 0.321 bits per heavy atom. The van der Waals surface area contributed by atoms with Gasteiger partial charge in [-0.1, -0.05) is 103 Å². The second kappa shape index (κ2) is 11.7. The largest absolute Gasteiger partial charge is 0.310 e. The van der Waals surface area contributed by atoms with Crippen molar-refractivity contribution in [1.82, 2.24) is 30.0 Å². The van der Waals surface area contributed by atoms with E-state index in [9.17, 15) is 0 Å². The molecule has 10 aromatic rings. The Morgan fingerprint density at radius 2 is 0.661 bits per heavy atom. The molecule has 2 heterocycles. The van der Waals surface area contributed by atoms with Crippen LogP contribution in [0.5, 0.6) is 0 Å². The molecule has 2 aromatic heterocycles. The van der Waals surface area contributed by atoms with Crippen molar-refractivity contribution < 1.29 is 0 Å². The highest BCUT2D eigenvalue weighted by atomic mass is 15.5. The molecular formula is C49H31N7. The van der Waals surface area contributed by atoms with Crippen LogP contribution in [-0.4, -0.2) is 30.0 Å². The average molecular weight is 718 g/mol. The predicted molar refractivity (Wildman–Crippen MR) is 222 cm³/mol. The zero-order valence-electron chi connectivity index (χ0n) is 30.0. The molecule has 0 aliphatic heterocycles. The number of hydrogen-bond acceptors (Lipinski definition) is 5. The van der Waals surface area contributed by atoms with Gasteiger partial charge >= 0.3 is 0 Å². The minimum absolute atomic E-state index is 0.448. The maximum Gasteiger partial charge on any atom is 0.113 e. The van der Waals surface area contributed by atoms with Crippen molar-refractivity contribution in [2.24, 2.45) is 0 Å². The smallest absolute Gasteiger partial charge is 0.113 e. The highest BCUT2D eigenvalue weighted by Gasteiger charge is 2.51. The van der Waals surface area contributed by atoms with E-state index in [0.717, 1.165) is 50.5 Å². The van der Waals surface area contributed by atoms with Crippen LogP contribution in [0.2, 0.25) is 0 Å². The van der Waals surface area contributed by atoms with E-state index < -0.39 is 5.41 Å². The van der Waals surface area contributed by atoms with Crippen LogP contribution in [-0.2, 0) is 5.41 Å². The van der Waals surface area contributed by atoms with Crippen LogP contribution < -0.4 is 4.90 Å². The van der Waals surface area contributed by atoms with Gasteiger partial charge in [0, 0.05) is 17.1 Å². The zero-order chi connectivity index (χ0) is 36.8. The van der Waals surface area contributed by atoms with Crippen molar-refractivity contribution in [2.75, 3.05) is 4.90 Å². The third-order valence-corrected chi connectivity index (χ3v) is 11.5. The first-order chi connectivity index (χ1) is 27.7. The topological polar surface area (TPSA) is 64.7 Å². The van der Waals surface area contributed by atoms with Gasteiger partial charge in [-0.2, -0.15) is 9.59 Å². The van der Waals surface area contributed by atoms with Crippen LogP contribution in [0, 0.1) is 0 Å². The SMILES string of the molecule is c1ccc2c(c1)-c1ccccc1C21c2ccccc2-c2ccc(N(c3ccc(-n4nc5ccccc5n4)cc3)c3ccc(-n4nc5ccccc5n4)cc3)cc21. The summed E-state index contributed by atoms with van der Waals surface area (Å²) in [5.74, 6) is 0. The Balaban J connectivity index is 1.04. The van der Waals surface area contributed by atoms with Gasteiger partial charge in [0.1, 0.15) is 22.1 Å². The van der Waals surface area contributed by atoms with E-state index in [1.165, 1.54) is 44.5 Å². The molecule has 56 heavy (non-hydrogen) atoms. The summed E-state index contributed by atoms with van der Waals surface area (Å²) in [5, 5.41) is 19.0. The van der Waals surface area contributed by atoms with Crippen LogP contribution >= 0.6 is 0 Å². The van der Waals surface area contributed by atoms with E-state index in [1.807, 2.05) is 48.5 Å². The number of hydrogen-bond donors (Lipinski definition) is 0. The van der Waals surface area contributed by atoms with E-state index >= 15 is 0 Å². The maximum atomic E-state index is 4.74. The van der Waals surface area contributed by atoms with Gasteiger partial charge < -0.3 is 4.90 Å². The van der Waals surface area contributed by atoms with E-state index in [0.29, 0.717) is 0 Å². The molecule has 0 fully saturated rings. The number of fused-ring (bicyclic) bond motifs is 12. The first kappa shape index (κ1) is 30.8. The van der Waals surface area contributed by atoms with Crippen molar-refractivity contribution in [1.29, 1.82) is 0 Å². The van der Waals surface area contributed by atoms with Crippen LogP contribution in [0.1, 0.15) is 22.3 Å². The monoisotopic (exact) mass is 717 g/mol. The molecule has 12 rings (SSSR count). The molecule has 0 N–H and O–H groups in total. The molecule has 7 heteroatoms. The lowest BCUT2D eigenvalue weighted by Gasteiger charge is -2.32. The molecule has 1 spiro atoms. The Hall–Kier alpha value is -7.64. The number of aromatic nitrogens is 6. The fourth-order valence-electron chi connectivity index (χ4n) is 9.09. The van der Waals surface area contributed by atoms with E-state index in [-0.39, 0.29) is 0 Å². The summed E-state index contributed by atoms with van der Waals surface area (Å²) in [7, 11) is 0. The lowest BCUT2D eigenvalue weighted by molar-refractivity contribution is 0.765. The van der Waals surface area contributed by atoms with E-state index in [1.54, 1.807) is 9.59 Å². The van der Waals surface area contributed by atoms with Crippen LogP contribution in [0.15, 0.2) is 188 Å². The zero-order valence-corrected chi connectivity index (χ0v) is 30.0. The first-order valence-corrected chi connectivity index (χ1v) is 18.8. The third kappa shape index (κ3) is 4.33. The molecule has 0 atom stereocenters. The van der Waals surface area contributed by atoms with Gasteiger partial charge in [-0.3, -0.25) is 0 Å². The average Bonchev–Trinajstić information content (AvgIpc) is 4.03. The minimum Gasteiger partial charge on any atom is -0.310 e. The maximum absolute atomic E-state index is 4.74. The molecule has 2 aliphatic rings. The van der Waals surface area contributed by atoms with Gasteiger partial charge in [0.05, 0.1) is 16.8 Å². The third-order valence-electron chi connectivity index (χ3n) is 11.5. The van der Waals surface area contributed by atoms with Gasteiger partial charge in [0.25, 0.3) is 0 Å². The van der Waals surface area contributed by atoms with Gasteiger partial charge in [0.2, 0.25) is 0 Å². The van der Waals surface area contributed by atoms with Crippen molar-refractivity contribution in [3.8, 4) is 33.6 Å². The summed E-state index contributed by atoms with van der Waals surface area (Å²) < 4.78 is 0. The summed E-state index contributed by atoms with van der Waals surface area (Å²) in [6.07, 6.45) is 0. The summed E-state index contributed by atoms with van der Waals surface area (Å²) in [4.78, 5) is 5.75. The minimum atomic E-state index is -0.448. The molecule has 2 aliphatic carbocycles. The first-order valence-electron chi connectivity index (χ1n) is 18.8. The number of anilines is 3. The molecule has 0 bridgehead atoms. The lowest BCUT2D eigenvalue weighted by Crippen LogP contribution is -2.26. The van der Waals surface area contributed by atoms with Gasteiger partial charge in [0.15, 0.2) is 0 Å². The standard InChI is InChI=1S/C49H31N7/c1-4-14-41-37(11-1)38-12-2-5-15-42(38)49(41)43-16-6-3-13-39(43)40-30-29-36(31-44(40)49)54(32-21-25-34(26-22-32)55-50-45-17-7-8-18-46(45)51-55)33-23-27-35(28-24-33)56-52-47-19-9-10-20-48(47)53-56/h1-31H. The quantitative estimate of drug-likeness (QED) is 0.177. The van der Waals surface area contributed by atoms with Crippen molar-refractivity contribution in [2.45, 2.75) is 5.41 Å². The lowest BCUT2D eigenvalue weighted by atomic mass is 9.70. The fraction of sp³-hybridized carbons (Fsp3) is 0.0204. The van der Waals surface area contributed by atoms with Crippen molar-refractivity contribution in [3.63, 3.8) is 0 Å². The Kier molecular flexibility index (Phi) is 6.42. The van der Waals surface area contributed by atoms with Gasteiger partial charge in [-0.05, 0) is 129 Å². The predicted octanol–water partition coefficient (Wildman–Crippen LogP) is 11.0. The van der Waals surface area contributed by atoms with Gasteiger partial charge in [-0.15, -0.1) is 20.4 Å². The molecule has 0 saturated carbocycles. The van der Waals surface area contributed by atoms with Crippen LogP contribution in [0.25, 0.3) is 55.7 Å².